The molecule has 1 aromatic rings. The van der Waals surface area contributed by atoms with Gasteiger partial charge in [-0.15, -0.1) is 0 Å². The summed E-state index contributed by atoms with van der Waals surface area (Å²) >= 11 is 0. The van der Waals surface area contributed by atoms with Crippen LogP contribution in [0.25, 0.3) is 0 Å². The lowest BCUT2D eigenvalue weighted by atomic mass is 9.93. The lowest BCUT2D eigenvalue weighted by Gasteiger charge is -2.21. The molecule has 154 valence electrons. The van der Waals surface area contributed by atoms with Gasteiger partial charge in [0.1, 0.15) is 9.92 Å². The van der Waals surface area contributed by atoms with Crippen LogP contribution in [0.5, 0.6) is 0 Å². The summed E-state index contributed by atoms with van der Waals surface area (Å²) in [4.78, 5) is 14.7. The van der Waals surface area contributed by atoms with Gasteiger partial charge in [0.05, 0.1) is 5.75 Å². The van der Waals surface area contributed by atoms with Crippen LogP contribution in [0.15, 0.2) is 18.2 Å². The van der Waals surface area contributed by atoms with Gasteiger partial charge in [0, 0.05) is 5.69 Å². The molecule has 0 saturated carbocycles. The molecule has 0 bridgehead atoms. The van der Waals surface area contributed by atoms with Crippen molar-refractivity contribution in [2.75, 3.05) is 30.7 Å². The highest BCUT2D eigenvalue weighted by Crippen LogP contribution is 2.32. The number of nitrogens with one attached hydrogen (secondary N) is 3. The fourth-order valence-corrected chi connectivity index (χ4v) is 4.05. The Kier molecular flexibility index (Phi) is 9.26. The van der Waals surface area contributed by atoms with E-state index in [0.29, 0.717) is 6.42 Å². The maximum absolute atomic E-state index is 12.5. The van der Waals surface area contributed by atoms with Crippen molar-refractivity contribution in [3.63, 3.8) is 0 Å². The molecule has 0 aromatic heterocycles. The van der Waals surface area contributed by atoms with E-state index in [4.69, 9.17) is 4.78 Å². The molecule has 2 amide bonds. The predicted molar refractivity (Wildman–Crippen MR) is 115 cm³/mol. The number of amides is 2. The normalized spacial score (nSPS) is 13.8. The Labute approximate surface area is 165 Å². The van der Waals surface area contributed by atoms with E-state index in [-0.39, 0.29) is 17.6 Å². The topological polar surface area (TPSA) is 85.3 Å². The first kappa shape index (κ1) is 23.4. The van der Waals surface area contributed by atoms with Gasteiger partial charge in [-0.25, -0.2) is 13.8 Å². The zero-order valence-electron chi connectivity index (χ0n) is 17.6. The number of carbonyl (C=O) groups is 1. The molecule has 0 fully saturated rings. The van der Waals surface area contributed by atoms with E-state index in [1.165, 1.54) is 0 Å². The molecule has 0 spiro atoms. The Morgan fingerprint density at radius 2 is 1.63 bits per heavy atom. The van der Waals surface area contributed by atoms with Crippen molar-refractivity contribution >= 4 is 21.6 Å². The summed E-state index contributed by atoms with van der Waals surface area (Å²) in [5.41, 5.74) is 2.84. The van der Waals surface area contributed by atoms with Crippen LogP contribution in [0.2, 0.25) is 0 Å². The predicted octanol–water partition coefficient (Wildman–Crippen LogP) is 4.75. The first-order valence-electron chi connectivity index (χ1n) is 9.81. The summed E-state index contributed by atoms with van der Waals surface area (Å²) in [7, 11) is -3.17. The van der Waals surface area contributed by atoms with Gasteiger partial charge in [-0.3, -0.25) is 4.72 Å². The van der Waals surface area contributed by atoms with Crippen LogP contribution in [0, 0.1) is 4.78 Å². The highest BCUT2D eigenvalue weighted by atomic mass is 32.2. The molecule has 0 saturated heterocycles. The minimum absolute atomic E-state index is 0.153. The third-order valence-electron chi connectivity index (χ3n) is 4.67. The van der Waals surface area contributed by atoms with E-state index in [1.54, 1.807) is 0 Å². The Morgan fingerprint density at radius 1 is 1.11 bits per heavy atom. The van der Waals surface area contributed by atoms with Gasteiger partial charge in [0.25, 0.3) is 0 Å². The number of urea groups is 1. The van der Waals surface area contributed by atoms with Gasteiger partial charge in [0.15, 0.2) is 0 Å². The quantitative estimate of drug-likeness (QED) is 0.533. The summed E-state index contributed by atoms with van der Waals surface area (Å²) in [5.74, 6) is 0.640. The SMILES string of the molecule is CCN(CC)CCCS(=N)(=O)NC(=O)Nc1c(C(C)C)cccc1C(C)C. The number of rotatable bonds is 10. The maximum atomic E-state index is 12.5. The van der Waals surface area contributed by atoms with Crippen molar-refractivity contribution in [1.29, 1.82) is 4.78 Å². The van der Waals surface area contributed by atoms with Crippen molar-refractivity contribution in [3.05, 3.63) is 29.3 Å². The molecule has 27 heavy (non-hydrogen) atoms. The molecule has 7 heteroatoms. The molecular formula is C20H36N4O2S. The second-order valence-electron chi connectivity index (χ2n) is 7.44. The number of hydrogen-bond acceptors (Lipinski definition) is 4. The third kappa shape index (κ3) is 7.50. The van der Waals surface area contributed by atoms with E-state index in [1.807, 2.05) is 18.2 Å². The molecule has 0 aliphatic rings. The van der Waals surface area contributed by atoms with Crippen molar-refractivity contribution in [2.24, 2.45) is 0 Å². The van der Waals surface area contributed by atoms with E-state index in [0.717, 1.165) is 36.4 Å². The van der Waals surface area contributed by atoms with Crippen molar-refractivity contribution in [3.8, 4) is 0 Å². The summed E-state index contributed by atoms with van der Waals surface area (Å²) in [6, 6.07) is 5.41. The Hall–Kier alpha value is -1.60. The molecule has 3 N–H and O–H groups in total. The van der Waals surface area contributed by atoms with Crippen molar-refractivity contribution in [2.45, 2.75) is 59.8 Å². The second kappa shape index (κ2) is 10.7. The monoisotopic (exact) mass is 396 g/mol. The molecular weight excluding hydrogens is 360 g/mol. The van der Waals surface area contributed by atoms with Crippen LogP contribution in [0.1, 0.15) is 70.9 Å². The van der Waals surface area contributed by atoms with Crippen LogP contribution in [-0.4, -0.2) is 40.5 Å². The largest absolute Gasteiger partial charge is 0.331 e. The highest BCUT2D eigenvalue weighted by Gasteiger charge is 2.18. The Morgan fingerprint density at radius 3 is 2.07 bits per heavy atom. The number of carbonyl (C=O) groups excluding carboxylic acids is 1. The van der Waals surface area contributed by atoms with Gasteiger partial charge in [-0.2, -0.15) is 0 Å². The molecule has 1 aromatic carbocycles. The van der Waals surface area contributed by atoms with Gasteiger partial charge in [0.2, 0.25) is 0 Å². The average Bonchev–Trinajstić information content (AvgIpc) is 2.57. The Balaban J connectivity index is 2.82. The minimum Gasteiger partial charge on any atom is -0.307 e. The number of hydrogen-bond donors (Lipinski definition) is 3. The number of anilines is 1. The summed E-state index contributed by atoms with van der Waals surface area (Å²) in [6.45, 7) is 15.1. The smallest absolute Gasteiger partial charge is 0.307 e. The van der Waals surface area contributed by atoms with Crippen molar-refractivity contribution < 1.29 is 9.00 Å². The molecule has 0 aliphatic heterocycles. The molecule has 0 radical (unpaired) electrons. The van der Waals surface area contributed by atoms with E-state index < -0.39 is 15.9 Å². The van der Waals surface area contributed by atoms with Crippen LogP contribution in [0.4, 0.5) is 10.5 Å². The number of benzene rings is 1. The number of para-hydroxylation sites is 1. The summed E-state index contributed by atoms with van der Waals surface area (Å²) in [6.07, 6.45) is 0.615. The highest BCUT2D eigenvalue weighted by molar-refractivity contribution is 7.91. The molecule has 1 rings (SSSR count). The summed E-state index contributed by atoms with van der Waals surface area (Å²) < 4.78 is 22.8. The van der Waals surface area contributed by atoms with Crippen LogP contribution < -0.4 is 10.0 Å². The van der Waals surface area contributed by atoms with Crippen molar-refractivity contribution in [1.82, 2.24) is 9.62 Å². The summed E-state index contributed by atoms with van der Waals surface area (Å²) in [5, 5.41) is 2.86. The van der Waals surface area contributed by atoms with E-state index in [2.05, 4.69) is 56.5 Å². The fourth-order valence-electron chi connectivity index (χ4n) is 3.07. The van der Waals surface area contributed by atoms with Gasteiger partial charge in [-0.1, -0.05) is 59.7 Å². The number of nitrogens with zero attached hydrogens (tertiary/aromatic N) is 1. The molecule has 1 unspecified atom stereocenters. The van der Waals surface area contributed by atoms with Gasteiger partial charge in [-0.05, 0) is 49.0 Å². The minimum atomic E-state index is -3.17. The van der Waals surface area contributed by atoms with E-state index >= 15 is 0 Å². The first-order chi connectivity index (χ1) is 12.6. The lowest BCUT2D eigenvalue weighted by molar-refractivity contribution is 0.256. The zero-order valence-corrected chi connectivity index (χ0v) is 18.4. The zero-order chi connectivity index (χ0) is 20.6. The third-order valence-corrected chi connectivity index (χ3v) is 6.05. The average molecular weight is 397 g/mol. The maximum Gasteiger partial charge on any atom is 0.331 e. The van der Waals surface area contributed by atoms with Gasteiger partial charge >= 0.3 is 6.03 Å². The van der Waals surface area contributed by atoms with Crippen LogP contribution in [-0.2, 0) is 9.92 Å². The standard InChI is InChI=1S/C20H36N4O2S/c1-7-24(8-2)13-10-14-27(21,26)23-20(25)22-19-17(15(3)4)11-9-12-18(19)16(5)6/h9,11-12,15-16H,7-8,10,13-14H2,1-6H3,(H3,21,22,23,25,26). The molecule has 1 atom stereocenters. The first-order valence-corrected chi connectivity index (χ1v) is 11.5. The van der Waals surface area contributed by atoms with Gasteiger partial charge < -0.3 is 10.2 Å². The second-order valence-corrected chi connectivity index (χ2v) is 9.40. The van der Waals surface area contributed by atoms with Crippen LogP contribution >= 0.6 is 0 Å². The Bertz CT molecular complexity index is 684. The molecule has 0 aliphatic carbocycles. The van der Waals surface area contributed by atoms with E-state index in [9.17, 15) is 9.00 Å². The fraction of sp³-hybridized carbons (Fsp3) is 0.650. The molecule has 6 nitrogen and oxygen atoms in total. The molecule has 0 heterocycles. The van der Waals surface area contributed by atoms with Crippen LogP contribution in [0.3, 0.4) is 0 Å². The lowest BCUT2D eigenvalue weighted by Crippen LogP contribution is -2.36.